The summed E-state index contributed by atoms with van der Waals surface area (Å²) >= 11 is 0. The first kappa shape index (κ1) is 19.8. The Morgan fingerprint density at radius 3 is 2.70 bits per heavy atom. The average Bonchev–Trinajstić information content (AvgIpc) is 3.40. The van der Waals surface area contributed by atoms with Crippen molar-refractivity contribution in [2.45, 2.75) is 39.4 Å². The van der Waals surface area contributed by atoms with Crippen molar-refractivity contribution < 1.29 is 14.1 Å². The molecule has 156 valence electrons. The molecule has 30 heavy (non-hydrogen) atoms. The third-order valence-electron chi connectivity index (χ3n) is 5.23. The van der Waals surface area contributed by atoms with Crippen LogP contribution in [0.2, 0.25) is 0 Å². The van der Waals surface area contributed by atoms with Crippen LogP contribution in [0.15, 0.2) is 47.1 Å². The second-order valence-corrected chi connectivity index (χ2v) is 7.23. The Labute approximate surface area is 174 Å². The van der Waals surface area contributed by atoms with Gasteiger partial charge in [0.25, 0.3) is 5.91 Å². The molecule has 3 aromatic rings. The quantitative estimate of drug-likeness (QED) is 0.616. The number of benzene rings is 1. The summed E-state index contributed by atoms with van der Waals surface area (Å²) in [5.41, 5.74) is 1.51. The Balaban J connectivity index is 1.60. The van der Waals surface area contributed by atoms with Crippen LogP contribution in [0.3, 0.4) is 0 Å². The van der Waals surface area contributed by atoms with Crippen molar-refractivity contribution in [3.63, 3.8) is 0 Å². The van der Waals surface area contributed by atoms with Gasteiger partial charge in [0, 0.05) is 32.4 Å². The predicted octanol–water partition coefficient (Wildman–Crippen LogP) is 1.69. The van der Waals surface area contributed by atoms with Gasteiger partial charge in [0.2, 0.25) is 11.8 Å². The van der Waals surface area contributed by atoms with E-state index in [0.29, 0.717) is 43.6 Å². The Bertz CT molecular complexity index is 1030. The number of amides is 2. The summed E-state index contributed by atoms with van der Waals surface area (Å²) in [5.74, 6) is 0.491. The van der Waals surface area contributed by atoms with Crippen molar-refractivity contribution in [1.82, 2.24) is 29.7 Å². The Hall–Kier alpha value is -3.49. The number of rotatable bonds is 6. The standard InChI is InChI=1S/C21H24N6O3/c1-3-27-17(9-10-22-27)21(29)26-12-11-25(14-16-7-5-4-6-8-16)20(28)18(26)13-19-23-15(2)24-30-19/h4-10,18H,3,11-14H2,1-2H3. The van der Waals surface area contributed by atoms with E-state index in [1.54, 1.807) is 33.7 Å². The molecule has 0 N–H and O–H groups in total. The van der Waals surface area contributed by atoms with Crippen LogP contribution in [0.25, 0.3) is 0 Å². The summed E-state index contributed by atoms with van der Waals surface area (Å²) in [7, 11) is 0. The molecule has 2 aromatic heterocycles. The van der Waals surface area contributed by atoms with Crippen molar-refractivity contribution in [2.75, 3.05) is 13.1 Å². The molecule has 9 nitrogen and oxygen atoms in total. The fourth-order valence-electron chi connectivity index (χ4n) is 3.74. The molecule has 0 aliphatic carbocycles. The number of carbonyl (C=O) groups is 2. The van der Waals surface area contributed by atoms with Crippen molar-refractivity contribution >= 4 is 11.8 Å². The number of hydrogen-bond donors (Lipinski definition) is 0. The first-order valence-electron chi connectivity index (χ1n) is 10.0. The number of nitrogens with zero attached hydrogens (tertiary/aromatic N) is 6. The highest BCUT2D eigenvalue weighted by Crippen LogP contribution is 2.20. The van der Waals surface area contributed by atoms with E-state index in [-0.39, 0.29) is 18.2 Å². The maximum atomic E-state index is 13.4. The molecule has 1 aliphatic heterocycles. The van der Waals surface area contributed by atoms with Gasteiger partial charge in [-0.2, -0.15) is 10.1 Å². The largest absolute Gasteiger partial charge is 0.339 e. The second kappa shape index (κ2) is 8.48. The van der Waals surface area contributed by atoms with Crippen LogP contribution in [0.4, 0.5) is 0 Å². The van der Waals surface area contributed by atoms with Crippen molar-refractivity contribution in [3.8, 4) is 0 Å². The zero-order valence-electron chi connectivity index (χ0n) is 17.1. The Kier molecular flexibility index (Phi) is 5.60. The number of aromatic nitrogens is 4. The van der Waals surface area contributed by atoms with E-state index in [0.717, 1.165) is 5.56 Å². The zero-order chi connectivity index (χ0) is 21.1. The molecular formula is C21H24N6O3. The van der Waals surface area contributed by atoms with Gasteiger partial charge in [0.05, 0.1) is 6.42 Å². The monoisotopic (exact) mass is 408 g/mol. The zero-order valence-corrected chi connectivity index (χ0v) is 17.1. The maximum absolute atomic E-state index is 13.4. The lowest BCUT2D eigenvalue weighted by atomic mass is 10.1. The number of aryl methyl sites for hydroxylation is 2. The van der Waals surface area contributed by atoms with E-state index in [4.69, 9.17) is 4.52 Å². The molecule has 0 radical (unpaired) electrons. The smallest absolute Gasteiger partial charge is 0.272 e. The molecule has 0 spiro atoms. The van der Waals surface area contributed by atoms with Gasteiger partial charge >= 0.3 is 0 Å². The summed E-state index contributed by atoms with van der Waals surface area (Å²) in [6.45, 7) is 5.59. The highest BCUT2D eigenvalue weighted by molar-refractivity contribution is 5.97. The predicted molar refractivity (Wildman–Crippen MR) is 107 cm³/mol. The number of hydrogen-bond acceptors (Lipinski definition) is 6. The molecule has 1 aliphatic rings. The van der Waals surface area contributed by atoms with Gasteiger partial charge < -0.3 is 14.3 Å². The Morgan fingerprint density at radius 1 is 1.20 bits per heavy atom. The third kappa shape index (κ3) is 3.96. The number of carbonyl (C=O) groups excluding carboxylic acids is 2. The minimum absolute atomic E-state index is 0.128. The molecule has 1 aromatic carbocycles. The maximum Gasteiger partial charge on any atom is 0.272 e. The minimum atomic E-state index is -0.713. The van der Waals surface area contributed by atoms with Gasteiger partial charge in [-0.05, 0) is 25.5 Å². The van der Waals surface area contributed by atoms with Gasteiger partial charge in [-0.1, -0.05) is 35.5 Å². The van der Waals surface area contributed by atoms with E-state index in [1.165, 1.54) is 0 Å². The van der Waals surface area contributed by atoms with Crippen molar-refractivity contribution in [3.05, 3.63) is 65.6 Å². The topological polar surface area (TPSA) is 97.4 Å². The van der Waals surface area contributed by atoms with Crippen LogP contribution in [0.1, 0.15) is 34.7 Å². The van der Waals surface area contributed by atoms with Gasteiger partial charge in [0.15, 0.2) is 5.82 Å². The molecule has 0 saturated carbocycles. The van der Waals surface area contributed by atoms with E-state index in [2.05, 4.69) is 15.2 Å². The van der Waals surface area contributed by atoms with Gasteiger partial charge in [-0.15, -0.1) is 0 Å². The normalized spacial score (nSPS) is 16.9. The summed E-state index contributed by atoms with van der Waals surface area (Å²) in [4.78, 5) is 34.3. The van der Waals surface area contributed by atoms with E-state index in [1.807, 2.05) is 37.3 Å². The SMILES string of the molecule is CCn1nccc1C(=O)N1CCN(Cc2ccccc2)C(=O)C1Cc1nc(C)no1. The molecule has 1 unspecified atom stereocenters. The van der Waals surface area contributed by atoms with E-state index < -0.39 is 6.04 Å². The van der Waals surface area contributed by atoms with Crippen LogP contribution in [0.5, 0.6) is 0 Å². The van der Waals surface area contributed by atoms with Gasteiger partial charge in [-0.25, -0.2) is 0 Å². The van der Waals surface area contributed by atoms with Crippen LogP contribution >= 0.6 is 0 Å². The Morgan fingerprint density at radius 2 is 2.00 bits per heavy atom. The molecule has 1 saturated heterocycles. The number of piperazine rings is 1. The molecule has 4 rings (SSSR count). The summed E-state index contributed by atoms with van der Waals surface area (Å²) < 4.78 is 6.88. The van der Waals surface area contributed by atoms with Crippen LogP contribution < -0.4 is 0 Å². The molecule has 2 amide bonds. The lowest BCUT2D eigenvalue weighted by Crippen LogP contribution is -2.59. The highest BCUT2D eigenvalue weighted by Gasteiger charge is 2.39. The van der Waals surface area contributed by atoms with Crippen LogP contribution in [-0.2, 0) is 24.3 Å². The summed E-state index contributed by atoms with van der Waals surface area (Å²) in [6.07, 6.45) is 1.78. The first-order valence-corrected chi connectivity index (χ1v) is 10.0. The summed E-state index contributed by atoms with van der Waals surface area (Å²) in [6, 6.07) is 10.8. The highest BCUT2D eigenvalue weighted by atomic mass is 16.5. The lowest BCUT2D eigenvalue weighted by Gasteiger charge is -2.40. The first-order chi connectivity index (χ1) is 14.6. The molecular weight excluding hydrogens is 384 g/mol. The fourth-order valence-corrected chi connectivity index (χ4v) is 3.74. The molecule has 3 heterocycles. The second-order valence-electron chi connectivity index (χ2n) is 7.23. The third-order valence-corrected chi connectivity index (χ3v) is 5.23. The lowest BCUT2D eigenvalue weighted by molar-refractivity contribution is -0.141. The average molecular weight is 408 g/mol. The van der Waals surface area contributed by atoms with Crippen LogP contribution in [0, 0.1) is 6.92 Å². The van der Waals surface area contributed by atoms with Gasteiger partial charge in [0.1, 0.15) is 11.7 Å². The molecule has 9 heteroatoms. The van der Waals surface area contributed by atoms with Gasteiger partial charge in [-0.3, -0.25) is 14.3 Å². The molecule has 1 atom stereocenters. The fraction of sp³-hybridized carbons (Fsp3) is 0.381. The molecule has 1 fully saturated rings. The van der Waals surface area contributed by atoms with Crippen molar-refractivity contribution in [2.24, 2.45) is 0 Å². The summed E-state index contributed by atoms with van der Waals surface area (Å²) in [5, 5.41) is 8.00. The van der Waals surface area contributed by atoms with E-state index in [9.17, 15) is 9.59 Å². The van der Waals surface area contributed by atoms with E-state index >= 15 is 0 Å². The van der Waals surface area contributed by atoms with Crippen LogP contribution in [-0.4, -0.2) is 60.7 Å². The van der Waals surface area contributed by atoms with Crippen molar-refractivity contribution in [1.29, 1.82) is 0 Å². The minimum Gasteiger partial charge on any atom is -0.339 e. The molecule has 0 bridgehead atoms.